The Labute approximate surface area is 131 Å². The summed E-state index contributed by atoms with van der Waals surface area (Å²) in [5.41, 5.74) is 6.72. The molecule has 1 unspecified atom stereocenters. The number of amides is 2. The van der Waals surface area contributed by atoms with Crippen LogP contribution < -0.4 is 16.4 Å². The lowest BCUT2D eigenvalue weighted by molar-refractivity contribution is 0.250. The Morgan fingerprint density at radius 3 is 3.04 bits per heavy atom. The van der Waals surface area contributed by atoms with E-state index in [4.69, 9.17) is 5.73 Å². The third-order valence-electron chi connectivity index (χ3n) is 3.69. The molecule has 0 aromatic carbocycles. The minimum Gasteiger partial charge on any atom is -0.382 e. The van der Waals surface area contributed by atoms with E-state index in [9.17, 15) is 9.18 Å². The first-order chi connectivity index (χ1) is 11.1. The molecular formula is C15H17FN6O. The molecule has 0 fully saturated rings. The molecule has 2 aromatic rings. The van der Waals surface area contributed by atoms with Gasteiger partial charge in [-0.2, -0.15) is 5.10 Å². The summed E-state index contributed by atoms with van der Waals surface area (Å²) >= 11 is 0. The number of rotatable bonds is 3. The van der Waals surface area contributed by atoms with E-state index >= 15 is 0 Å². The Kier molecular flexibility index (Phi) is 3.96. The molecular weight excluding hydrogens is 299 g/mol. The van der Waals surface area contributed by atoms with Crippen molar-refractivity contribution in [1.82, 2.24) is 20.5 Å². The monoisotopic (exact) mass is 316 g/mol. The minimum absolute atomic E-state index is 0.110. The molecule has 1 atom stereocenters. The number of aromatic nitrogens is 3. The molecule has 0 aliphatic heterocycles. The number of nitrogens with two attached hydrogens (primary N) is 1. The van der Waals surface area contributed by atoms with Crippen molar-refractivity contribution < 1.29 is 9.18 Å². The van der Waals surface area contributed by atoms with Gasteiger partial charge in [0.1, 0.15) is 5.52 Å². The number of pyridine rings is 1. The van der Waals surface area contributed by atoms with Crippen LogP contribution in [-0.4, -0.2) is 27.3 Å². The average molecular weight is 316 g/mol. The predicted molar refractivity (Wildman–Crippen MR) is 86.3 cm³/mol. The summed E-state index contributed by atoms with van der Waals surface area (Å²) in [6.07, 6.45) is 9.43. The van der Waals surface area contributed by atoms with Crippen molar-refractivity contribution in [3.05, 3.63) is 35.8 Å². The zero-order valence-corrected chi connectivity index (χ0v) is 12.6. The number of allylic oxidation sites excluding steroid dienone is 2. The van der Waals surface area contributed by atoms with Crippen molar-refractivity contribution in [2.75, 3.05) is 11.1 Å². The summed E-state index contributed by atoms with van der Waals surface area (Å²) in [7, 11) is 0. The minimum atomic E-state index is -0.703. The molecule has 0 spiro atoms. The SMILES string of the molecule is CC(NC(=O)Nc1ncc2c(N)n[nH]c2c1F)C1=CCCC=C1. The fourth-order valence-electron chi connectivity index (χ4n) is 2.43. The van der Waals surface area contributed by atoms with Gasteiger partial charge in [0, 0.05) is 6.20 Å². The van der Waals surface area contributed by atoms with Crippen molar-refractivity contribution in [1.29, 1.82) is 0 Å². The van der Waals surface area contributed by atoms with Gasteiger partial charge in [-0.25, -0.2) is 14.2 Å². The molecule has 5 N–H and O–H groups in total. The lowest BCUT2D eigenvalue weighted by Crippen LogP contribution is -2.37. The van der Waals surface area contributed by atoms with Crippen LogP contribution in [0.3, 0.4) is 0 Å². The van der Waals surface area contributed by atoms with Crippen LogP contribution in [0.25, 0.3) is 10.9 Å². The maximum atomic E-state index is 14.3. The number of aromatic amines is 1. The Hall–Kier alpha value is -2.90. The molecule has 7 nitrogen and oxygen atoms in total. The van der Waals surface area contributed by atoms with E-state index in [0.29, 0.717) is 5.39 Å². The van der Waals surface area contributed by atoms with Gasteiger partial charge >= 0.3 is 6.03 Å². The summed E-state index contributed by atoms with van der Waals surface area (Å²) in [6, 6.07) is -0.711. The van der Waals surface area contributed by atoms with Crippen LogP contribution in [0.5, 0.6) is 0 Å². The number of carbonyl (C=O) groups excluding carboxylic acids is 1. The van der Waals surface area contributed by atoms with Gasteiger partial charge in [0.25, 0.3) is 0 Å². The molecule has 2 amide bonds. The van der Waals surface area contributed by atoms with E-state index in [1.165, 1.54) is 6.20 Å². The smallest absolute Gasteiger partial charge is 0.320 e. The van der Waals surface area contributed by atoms with E-state index in [0.717, 1.165) is 18.4 Å². The standard InChI is InChI=1S/C15H17FN6O/c1-8(9-5-3-2-4-6-9)19-15(23)20-14-11(16)12-10(7-18-14)13(17)22-21-12/h3,5-8H,2,4H2,1H3,(H3,17,21,22)(H2,18,19,20,23). The number of hydrogen-bond acceptors (Lipinski definition) is 4. The molecule has 1 aliphatic carbocycles. The molecule has 0 bridgehead atoms. The zero-order chi connectivity index (χ0) is 16.4. The number of hydrogen-bond donors (Lipinski definition) is 4. The van der Waals surface area contributed by atoms with Gasteiger partial charge in [0.05, 0.1) is 11.4 Å². The second-order valence-electron chi connectivity index (χ2n) is 5.32. The lowest BCUT2D eigenvalue weighted by atomic mass is 10.0. The average Bonchev–Trinajstić information content (AvgIpc) is 2.93. The van der Waals surface area contributed by atoms with Crippen molar-refractivity contribution in [2.24, 2.45) is 0 Å². The van der Waals surface area contributed by atoms with Gasteiger partial charge in [-0.1, -0.05) is 18.2 Å². The number of anilines is 2. The maximum absolute atomic E-state index is 14.3. The Morgan fingerprint density at radius 2 is 2.30 bits per heavy atom. The molecule has 0 saturated carbocycles. The Morgan fingerprint density at radius 1 is 1.48 bits per heavy atom. The quantitative estimate of drug-likeness (QED) is 0.697. The highest BCUT2D eigenvalue weighted by molar-refractivity contribution is 5.94. The number of urea groups is 1. The third kappa shape index (κ3) is 3.01. The maximum Gasteiger partial charge on any atom is 0.320 e. The largest absolute Gasteiger partial charge is 0.382 e. The molecule has 8 heteroatoms. The third-order valence-corrected chi connectivity index (χ3v) is 3.69. The lowest BCUT2D eigenvalue weighted by Gasteiger charge is -2.17. The Balaban J connectivity index is 1.71. The van der Waals surface area contributed by atoms with Gasteiger partial charge in [-0.05, 0) is 25.3 Å². The van der Waals surface area contributed by atoms with Crippen LogP contribution in [0.15, 0.2) is 30.0 Å². The second-order valence-corrected chi connectivity index (χ2v) is 5.32. The van der Waals surface area contributed by atoms with Crippen LogP contribution in [0.4, 0.5) is 20.8 Å². The molecule has 3 rings (SSSR count). The highest BCUT2D eigenvalue weighted by Crippen LogP contribution is 2.23. The summed E-state index contributed by atoms with van der Waals surface area (Å²) in [6.45, 7) is 1.86. The normalized spacial score (nSPS) is 15.3. The van der Waals surface area contributed by atoms with E-state index in [-0.39, 0.29) is 23.2 Å². The second kappa shape index (κ2) is 6.07. The van der Waals surface area contributed by atoms with Gasteiger partial charge in [0.2, 0.25) is 0 Å². The van der Waals surface area contributed by atoms with Gasteiger partial charge in [-0.3, -0.25) is 10.4 Å². The van der Waals surface area contributed by atoms with Crippen molar-refractivity contribution in [3.63, 3.8) is 0 Å². The van der Waals surface area contributed by atoms with Gasteiger partial charge < -0.3 is 11.1 Å². The number of fused-ring (bicyclic) bond motifs is 1. The first-order valence-corrected chi connectivity index (χ1v) is 7.28. The van der Waals surface area contributed by atoms with Crippen LogP contribution in [-0.2, 0) is 0 Å². The molecule has 120 valence electrons. The fourth-order valence-corrected chi connectivity index (χ4v) is 2.43. The number of nitrogen functional groups attached to an aromatic ring is 1. The number of H-pyrrole nitrogens is 1. The van der Waals surface area contributed by atoms with Gasteiger partial charge in [0.15, 0.2) is 17.5 Å². The summed E-state index contributed by atoms with van der Waals surface area (Å²) in [5.74, 6) is -0.725. The predicted octanol–water partition coefficient (Wildman–Crippen LogP) is 2.47. The summed E-state index contributed by atoms with van der Waals surface area (Å²) in [5, 5.41) is 11.7. The first kappa shape index (κ1) is 15.0. The van der Waals surface area contributed by atoms with Crippen molar-refractivity contribution in [2.45, 2.75) is 25.8 Å². The topological polar surface area (TPSA) is 109 Å². The molecule has 0 radical (unpaired) electrons. The van der Waals surface area contributed by atoms with Crippen LogP contribution in [0, 0.1) is 5.82 Å². The highest BCUT2D eigenvalue weighted by Gasteiger charge is 2.17. The number of nitrogens with one attached hydrogen (secondary N) is 3. The molecule has 2 aromatic heterocycles. The van der Waals surface area contributed by atoms with E-state index in [2.05, 4.69) is 38.0 Å². The summed E-state index contributed by atoms with van der Waals surface area (Å²) in [4.78, 5) is 15.9. The van der Waals surface area contributed by atoms with Crippen LogP contribution in [0.2, 0.25) is 0 Å². The van der Waals surface area contributed by atoms with E-state index in [1.807, 2.05) is 13.0 Å². The number of carbonyl (C=O) groups is 1. The molecule has 23 heavy (non-hydrogen) atoms. The molecule has 1 aliphatic rings. The van der Waals surface area contributed by atoms with Crippen LogP contribution in [0.1, 0.15) is 19.8 Å². The fraction of sp³-hybridized carbons (Fsp3) is 0.267. The highest BCUT2D eigenvalue weighted by atomic mass is 19.1. The van der Waals surface area contributed by atoms with Crippen LogP contribution >= 0.6 is 0 Å². The van der Waals surface area contributed by atoms with Crippen molar-refractivity contribution in [3.8, 4) is 0 Å². The number of halogens is 1. The molecule has 2 heterocycles. The molecule has 0 saturated heterocycles. The van der Waals surface area contributed by atoms with Gasteiger partial charge in [-0.15, -0.1) is 0 Å². The zero-order valence-electron chi connectivity index (χ0n) is 12.6. The van der Waals surface area contributed by atoms with Crippen molar-refractivity contribution >= 4 is 28.6 Å². The van der Waals surface area contributed by atoms with E-state index in [1.54, 1.807) is 0 Å². The summed E-state index contributed by atoms with van der Waals surface area (Å²) < 4.78 is 14.3. The number of nitrogens with zero attached hydrogens (tertiary/aromatic N) is 2. The Bertz CT molecular complexity index is 810. The first-order valence-electron chi connectivity index (χ1n) is 7.28. The van der Waals surface area contributed by atoms with E-state index < -0.39 is 11.8 Å².